The molecule has 1 aromatic rings. The van der Waals surface area contributed by atoms with E-state index >= 15 is 0 Å². The molecule has 1 aliphatic heterocycles. The van der Waals surface area contributed by atoms with Crippen LogP contribution in [-0.2, 0) is 28.6 Å². The number of rotatable bonds is 5. The van der Waals surface area contributed by atoms with Gasteiger partial charge in [0.2, 0.25) is 0 Å². The standard InChI is InChI=1S/C18H20O7/c1-4-24-14(19)9-11-10-25-13-8-6-5-7-12(13)15(11)16(17(20)22-2)18(21)23-3/h5-9,15-16H,4,10H2,1-3H3. The highest BCUT2D eigenvalue weighted by atomic mass is 16.5. The molecular weight excluding hydrogens is 328 g/mol. The van der Waals surface area contributed by atoms with Gasteiger partial charge >= 0.3 is 17.9 Å². The molecule has 0 saturated carbocycles. The molecule has 1 heterocycles. The van der Waals surface area contributed by atoms with E-state index in [9.17, 15) is 14.4 Å². The molecule has 0 spiro atoms. The summed E-state index contributed by atoms with van der Waals surface area (Å²) in [6.45, 7) is 1.94. The fraction of sp³-hybridized carbons (Fsp3) is 0.389. The van der Waals surface area contributed by atoms with E-state index in [1.54, 1.807) is 31.2 Å². The third-order valence-corrected chi connectivity index (χ3v) is 3.88. The van der Waals surface area contributed by atoms with Crippen LogP contribution in [0.15, 0.2) is 35.9 Å². The first-order valence-corrected chi connectivity index (χ1v) is 7.78. The first kappa shape index (κ1) is 18.5. The second-order valence-corrected chi connectivity index (χ2v) is 5.30. The van der Waals surface area contributed by atoms with Crippen molar-refractivity contribution < 1.29 is 33.3 Å². The smallest absolute Gasteiger partial charge is 0.330 e. The van der Waals surface area contributed by atoms with Gasteiger partial charge in [-0.2, -0.15) is 0 Å². The Morgan fingerprint density at radius 1 is 1.20 bits per heavy atom. The van der Waals surface area contributed by atoms with Crippen LogP contribution in [0.2, 0.25) is 0 Å². The van der Waals surface area contributed by atoms with Crippen LogP contribution in [0, 0.1) is 5.92 Å². The van der Waals surface area contributed by atoms with Crippen molar-refractivity contribution in [3.8, 4) is 5.75 Å². The Kier molecular flexibility index (Phi) is 6.16. The van der Waals surface area contributed by atoms with Gasteiger partial charge in [-0.1, -0.05) is 18.2 Å². The van der Waals surface area contributed by atoms with Crippen molar-refractivity contribution in [3.63, 3.8) is 0 Å². The number of benzene rings is 1. The van der Waals surface area contributed by atoms with Gasteiger partial charge in [-0.15, -0.1) is 0 Å². The van der Waals surface area contributed by atoms with E-state index in [-0.39, 0.29) is 13.2 Å². The first-order valence-electron chi connectivity index (χ1n) is 7.78. The number of para-hydroxylation sites is 1. The normalized spacial score (nSPS) is 17.4. The molecular formula is C18H20O7. The van der Waals surface area contributed by atoms with Crippen molar-refractivity contribution in [2.75, 3.05) is 27.4 Å². The molecule has 0 saturated heterocycles. The topological polar surface area (TPSA) is 88.1 Å². The summed E-state index contributed by atoms with van der Waals surface area (Å²) >= 11 is 0. The zero-order valence-corrected chi connectivity index (χ0v) is 14.3. The van der Waals surface area contributed by atoms with Crippen molar-refractivity contribution in [1.29, 1.82) is 0 Å². The van der Waals surface area contributed by atoms with Crippen molar-refractivity contribution in [2.45, 2.75) is 12.8 Å². The third-order valence-electron chi connectivity index (χ3n) is 3.88. The predicted octanol–water partition coefficient (Wildman–Crippen LogP) is 1.61. The summed E-state index contributed by atoms with van der Waals surface area (Å²) in [6.07, 6.45) is 1.25. The molecule has 1 aromatic carbocycles. The average molecular weight is 348 g/mol. The maximum atomic E-state index is 12.3. The summed E-state index contributed by atoms with van der Waals surface area (Å²) in [5, 5.41) is 0. The number of carbonyl (C=O) groups is 3. The van der Waals surface area contributed by atoms with E-state index in [0.717, 1.165) is 0 Å². The van der Waals surface area contributed by atoms with Gasteiger partial charge in [0.15, 0.2) is 5.92 Å². The first-order chi connectivity index (χ1) is 12.0. The van der Waals surface area contributed by atoms with Crippen molar-refractivity contribution >= 4 is 17.9 Å². The molecule has 0 N–H and O–H groups in total. The van der Waals surface area contributed by atoms with Crippen LogP contribution in [0.3, 0.4) is 0 Å². The molecule has 1 unspecified atom stereocenters. The van der Waals surface area contributed by atoms with Gasteiger partial charge in [0, 0.05) is 17.6 Å². The Labute approximate surface area is 145 Å². The minimum Gasteiger partial charge on any atom is -0.489 e. The second-order valence-electron chi connectivity index (χ2n) is 5.30. The number of fused-ring (bicyclic) bond motifs is 1. The van der Waals surface area contributed by atoms with Crippen LogP contribution < -0.4 is 4.74 Å². The fourth-order valence-electron chi connectivity index (χ4n) is 2.80. The van der Waals surface area contributed by atoms with Crippen LogP contribution in [0.25, 0.3) is 0 Å². The molecule has 0 aliphatic carbocycles. The van der Waals surface area contributed by atoms with Crippen LogP contribution in [-0.4, -0.2) is 45.3 Å². The second kappa shape index (κ2) is 8.32. The molecule has 0 radical (unpaired) electrons. The Hall–Kier alpha value is -2.83. The summed E-state index contributed by atoms with van der Waals surface area (Å²) in [7, 11) is 2.39. The van der Waals surface area contributed by atoms with Crippen LogP contribution >= 0.6 is 0 Å². The van der Waals surface area contributed by atoms with E-state index in [1.807, 2.05) is 0 Å². The maximum Gasteiger partial charge on any atom is 0.330 e. The molecule has 2 rings (SSSR count). The van der Waals surface area contributed by atoms with Crippen molar-refractivity contribution in [2.24, 2.45) is 5.92 Å². The number of esters is 3. The Morgan fingerprint density at radius 3 is 2.44 bits per heavy atom. The molecule has 0 aromatic heterocycles. The monoisotopic (exact) mass is 348 g/mol. The summed E-state index contributed by atoms with van der Waals surface area (Å²) in [5.74, 6) is -3.52. The number of carbonyl (C=O) groups excluding carboxylic acids is 3. The largest absolute Gasteiger partial charge is 0.489 e. The van der Waals surface area contributed by atoms with E-state index in [1.165, 1.54) is 20.3 Å². The molecule has 1 aliphatic rings. The molecule has 1 atom stereocenters. The van der Waals surface area contributed by atoms with Crippen molar-refractivity contribution in [1.82, 2.24) is 0 Å². The molecule has 0 fully saturated rings. The summed E-state index contributed by atoms with van der Waals surface area (Å²) in [5.41, 5.74) is 1.04. The lowest BCUT2D eigenvalue weighted by Gasteiger charge is -2.31. The van der Waals surface area contributed by atoms with Gasteiger partial charge in [-0.3, -0.25) is 9.59 Å². The number of methoxy groups -OCH3 is 2. The third kappa shape index (κ3) is 3.99. The van der Waals surface area contributed by atoms with Gasteiger partial charge in [-0.05, 0) is 18.6 Å². The number of hydrogen-bond acceptors (Lipinski definition) is 7. The van der Waals surface area contributed by atoms with Gasteiger partial charge < -0.3 is 18.9 Å². The zero-order valence-electron chi connectivity index (χ0n) is 14.3. The summed E-state index contributed by atoms with van der Waals surface area (Å²) in [6, 6.07) is 7.00. The van der Waals surface area contributed by atoms with Crippen molar-refractivity contribution in [3.05, 3.63) is 41.5 Å². The van der Waals surface area contributed by atoms with Gasteiger partial charge in [0.05, 0.1) is 20.8 Å². The molecule has 7 nitrogen and oxygen atoms in total. The highest BCUT2D eigenvalue weighted by molar-refractivity contribution is 5.97. The van der Waals surface area contributed by atoms with E-state index in [4.69, 9.17) is 18.9 Å². The minimum atomic E-state index is -1.25. The average Bonchev–Trinajstić information content (AvgIpc) is 2.63. The summed E-state index contributed by atoms with van der Waals surface area (Å²) in [4.78, 5) is 36.4. The van der Waals surface area contributed by atoms with Crippen LogP contribution in [0.1, 0.15) is 18.4 Å². The van der Waals surface area contributed by atoms with Gasteiger partial charge in [0.25, 0.3) is 0 Å². The molecule has 25 heavy (non-hydrogen) atoms. The quantitative estimate of drug-likeness (QED) is 0.346. The lowest BCUT2D eigenvalue weighted by atomic mass is 9.78. The molecule has 0 bridgehead atoms. The Morgan fingerprint density at radius 2 is 1.84 bits per heavy atom. The summed E-state index contributed by atoms with van der Waals surface area (Å²) < 4.78 is 20.1. The number of hydrogen-bond donors (Lipinski definition) is 0. The SMILES string of the molecule is CCOC(=O)C=C1COc2ccccc2C1C(C(=O)OC)C(=O)OC. The maximum absolute atomic E-state index is 12.3. The highest BCUT2D eigenvalue weighted by Gasteiger charge is 2.43. The molecule has 7 heteroatoms. The fourth-order valence-corrected chi connectivity index (χ4v) is 2.80. The highest BCUT2D eigenvalue weighted by Crippen LogP contribution is 2.42. The van der Waals surface area contributed by atoms with Gasteiger partial charge in [0.1, 0.15) is 12.4 Å². The zero-order chi connectivity index (χ0) is 18.4. The lowest BCUT2D eigenvalue weighted by molar-refractivity contribution is -0.159. The Bertz CT molecular complexity index is 676. The van der Waals surface area contributed by atoms with E-state index in [0.29, 0.717) is 16.9 Å². The van der Waals surface area contributed by atoms with Crippen LogP contribution in [0.5, 0.6) is 5.75 Å². The Balaban J connectivity index is 2.56. The van der Waals surface area contributed by atoms with E-state index < -0.39 is 29.7 Å². The van der Waals surface area contributed by atoms with E-state index in [2.05, 4.69) is 0 Å². The lowest BCUT2D eigenvalue weighted by Crippen LogP contribution is -2.36. The minimum absolute atomic E-state index is 0.0466. The molecule has 134 valence electrons. The van der Waals surface area contributed by atoms with Crippen LogP contribution in [0.4, 0.5) is 0 Å². The number of ether oxygens (including phenoxy) is 4. The molecule has 0 amide bonds. The van der Waals surface area contributed by atoms with Gasteiger partial charge in [-0.25, -0.2) is 4.79 Å². The predicted molar refractivity (Wildman–Crippen MR) is 86.9 cm³/mol.